The third-order valence-corrected chi connectivity index (χ3v) is 6.61. The molecule has 0 aliphatic rings. The molecule has 0 radical (unpaired) electrons. The highest BCUT2D eigenvalue weighted by atomic mass is 19.4. The quantitative estimate of drug-likeness (QED) is 0.264. The molecule has 5 aromatic rings. The molecular formula is C29H28F3N9O. The number of aliphatic imine (C=N–C) groups is 1. The molecule has 0 aliphatic carbocycles. The summed E-state index contributed by atoms with van der Waals surface area (Å²) in [6.07, 6.45) is 0.503. The van der Waals surface area contributed by atoms with Crippen LogP contribution < -0.4 is 5.32 Å². The van der Waals surface area contributed by atoms with E-state index in [2.05, 4.69) is 30.5 Å². The molecule has 0 unspecified atom stereocenters. The fraction of sp³-hybridized carbons (Fsp3) is 0.241. The second kappa shape index (κ2) is 11.5. The van der Waals surface area contributed by atoms with Crippen LogP contribution in [0.25, 0.3) is 33.8 Å². The van der Waals surface area contributed by atoms with Crippen LogP contribution in [0.4, 0.5) is 19.1 Å². The first kappa shape index (κ1) is 28.6. The normalized spacial score (nSPS) is 12.1. The Morgan fingerprint density at radius 2 is 1.90 bits per heavy atom. The van der Waals surface area contributed by atoms with E-state index in [-0.39, 0.29) is 23.9 Å². The maximum Gasteiger partial charge on any atom is 0.416 e. The van der Waals surface area contributed by atoms with E-state index in [0.29, 0.717) is 34.6 Å². The van der Waals surface area contributed by atoms with Gasteiger partial charge in [0.1, 0.15) is 6.33 Å². The van der Waals surface area contributed by atoms with Crippen LogP contribution in [0.15, 0.2) is 66.0 Å². The lowest BCUT2D eigenvalue weighted by Crippen LogP contribution is -2.21. The van der Waals surface area contributed by atoms with E-state index in [9.17, 15) is 18.0 Å². The Morgan fingerprint density at radius 3 is 2.60 bits per heavy atom. The fourth-order valence-corrected chi connectivity index (χ4v) is 4.56. The highest BCUT2D eigenvalue weighted by Gasteiger charge is 2.31. The zero-order valence-electron chi connectivity index (χ0n) is 23.4. The van der Waals surface area contributed by atoms with Gasteiger partial charge in [-0.25, -0.2) is 14.2 Å². The van der Waals surface area contributed by atoms with E-state index < -0.39 is 11.7 Å². The molecule has 2 aromatic carbocycles. The molecule has 0 spiro atoms. The van der Waals surface area contributed by atoms with Crippen LogP contribution in [0.1, 0.15) is 23.1 Å². The number of carbonyl (C=O) groups is 1. The Labute approximate surface area is 239 Å². The Bertz CT molecular complexity index is 1770. The first-order valence-corrected chi connectivity index (χ1v) is 13.0. The van der Waals surface area contributed by atoms with Crippen molar-refractivity contribution in [3.05, 3.63) is 77.7 Å². The van der Waals surface area contributed by atoms with Crippen molar-refractivity contribution in [2.45, 2.75) is 19.5 Å². The highest BCUT2D eigenvalue weighted by Crippen LogP contribution is 2.38. The minimum atomic E-state index is -4.54. The second-order valence-corrected chi connectivity index (χ2v) is 9.90. The Kier molecular flexibility index (Phi) is 7.85. The van der Waals surface area contributed by atoms with E-state index in [1.165, 1.54) is 16.9 Å². The minimum absolute atomic E-state index is 0.0400. The largest absolute Gasteiger partial charge is 0.416 e. The summed E-state index contributed by atoms with van der Waals surface area (Å²) in [5.74, 6) is 0.207. The van der Waals surface area contributed by atoms with Gasteiger partial charge in [0.05, 0.1) is 11.3 Å². The topological polar surface area (TPSA) is 106 Å². The maximum absolute atomic E-state index is 13.7. The first-order valence-electron chi connectivity index (χ1n) is 13.0. The molecule has 0 bridgehead atoms. The Hall–Kier alpha value is -4.91. The fourth-order valence-electron chi connectivity index (χ4n) is 4.56. The van der Waals surface area contributed by atoms with Crippen LogP contribution in [0.2, 0.25) is 0 Å². The van der Waals surface area contributed by atoms with Gasteiger partial charge >= 0.3 is 6.18 Å². The number of pyridine rings is 1. The molecule has 216 valence electrons. The van der Waals surface area contributed by atoms with Crippen LogP contribution in [0.5, 0.6) is 0 Å². The highest BCUT2D eigenvalue weighted by molar-refractivity contribution is 5.91. The van der Waals surface area contributed by atoms with Crippen LogP contribution in [0.3, 0.4) is 0 Å². The maximum atomic E-state index is 13.7. The predicted molar refractivity (Wildman–Crippen MR) is 154 cm³/mol. The number of benzene rings is 2. The number of fused-ring (bicyclic) bond motifs is 1. The molecule has 42 heavy (non-hydrogen) atoms. The monoisotopic (exact) mass is 575 g/mol. The number of aromatic nitrogens is 6. The summed E-state index contributed by atoms with van der Waals surface area (Å²) in [7, 11) is 5.40. The van der Waals surface area contributed by atoms with Crippen molar-refractivity contribution in [3.63, 3.8) is 0 Å². The zero-order chi connectivity index (χ0) is 30.0. The van der Waals surface area contributed by atoms with Crippen molar-refractivity contribution >= 4 is 23.7 Å². The molecule has 0 aliphatic heterocycles. The number of amides is 1. The van der Waals surface area contributed by atoms with Gasteiger partial charge in [-0.1, -0.05) is 24.3 Å². The van der Waals surface area contributed by atoms with Crippen LogP contribution in [-0.2, 0) is 11.0 Å². The average molecular weight is 576 g/mol. The van der Waals surface area contributed by atoms with Crippen molar-refractivity contribution in [1.29, 1.82) is 0 Å². The lowest BCUT2D eigenvalue weighted by Gasteiger charge is -2.15. The van der Waals surface area contributed by atoms with Gasteiger partial charge in [0.15, 0.2) is 11.5 Å². The Morgan fingerprint density at radius 1 is 1.14 bits per heavy atom. The minimum Gasteiger partial charge on any atom is -0.309 e. The molecule has 0 atom stereocenters. The summed E-state index contributed by atoms with van der Waals surface area (Å²) in [5, 5.41) is 11.5. The van der Waals surface area contributed by atoms with Gasteiger partial charge in [0.2, 0.25) is 11.9 Å². The summed E-state index contributed by atoms with van der Waals surface area (Å²) in [5.41, 5.74) is 3.03. The van der Waals surface area contributed by atoms with Gasteiger partial charge in [-0.2, -0.15) is 23.3 Å². The third-order valence-electron chi connectivity index (χ3n) is 6.61. The predicted octanol–water partition coefficient (Wildman–Crippen LogP) is 4.91. The summed E-state index contributed by atoms with van der Waals surface area (Å²) in [6, 6.07) is 12.6. The summed E-state index contributed by atoms with van der Waals surface area (Å²) < 4.78 is 44.1. The van der Waals surface area contributed by atoms with Gasteiger partial charge in [-0.3, -0.25) is 15.1 Å². The van der Waals surface area contributed by atoms with E-state index in [4.69, 9.17) is 0 Å². The number of nitrogens with zero attached hydrogens (tertiary/aromatic N) is 8. The van der Waals surface area contributed by atoms with Crippen LogP contribution in [0, 0.1) is 6.92 Å². The van der Waals surface area contributed by atoms with Crippen molar-refractivity contribution in [2.24, 2.45) is 4.99 Å². The smallest absolute Gasteiger partial charge is 0.309 e. The molecule has 1 N–H and O–H groups in total. The van der Waals surface area contributed by atoms with Gasteiger partial charge in [0.25, 0.3) is 0 Å². The zero-order valence-corrected chi connectivity index (χ0v) is 23.4. The average Bonchev–Trinajstić information content (AvgIpc) is 3.59. The number of hydrogen-bond acceptors (Lipinski definition) is 7. The number of anilines is 1. The van der Waals surface area contributed by atoms with Crippen molar-refractivity contribution < 1.29 is 18.0 Å². The van der Waals surface area contributed by atoms with Gasteiger partial charge < -0.3 is 4.90 Å². The summed E-state index contributed by atoms with van der Waals surface area (Å²) in [4.78, 5) is 27.4. The number of nitrogens with one attached hydrogen (secondary N) is 1. The van der Waals surface area contributed by atoms with Crippen molar-refractivity contribution in [2.75, 3.05) is 33.0 Å². The molecule has 1 amide bonds. The Balaban J connectivity index is 1.67. The van der Waals surface area contributed by atoms with E-state index >= 15 is 0 Å². The molecule has 10 nitrogen and oxygen atoms in total. The molecular weight excluding hydrogens is 547 g/mol. The van der Waals surface area contributed by atoms with Crippen molar-refractivity contribution in [3.8, 4) is 28.2 Å². The molecule has 3 heterocycles. The summed E-state index contributed by atoms with van der Waals surface area (Å²) in [6.45, 7) is 2.31. The SMILES string of the molecule is CN=Cc1ccc(-n2ncnc2-c2cn3nc(NC(=O)CCN(C)C)nc3c(-c3cccc(C(F)(F)F)c3)c2C)cc1. The van der Waals surface area contributed by atoms with Gasteiger partial charge in [-0.05, 0) is 62.0 Å². The summed E-state index contributed by atoms with van der Waals surface area (Å²) >= 11 is 0. The number of alkyl halides is 3. The molecule has 0 saturated heterocycles. The number of halogens is 3. The standard InChI is InChI=1S/C29H28F3N9O/c1-18-23(26-34-17-35-41(26)22-10-8-19(9-11-22)15-33-2)16-40-27(37-28(38-40)36-24(42)12-13-39(3)4)25(18)20-6-5-7-21(14-20)29(30,31)32/h5-11,14-17H,12-13H2,1-4H3,(H,36,38,42). The number of carbonyl (C=O) groups excluding carboxylic acids is 1. The third kappa shape index (κ3) is 5.91. The van der Waals surface area contributed by atoms with Gasteiger partial charge in [-0.15, -0.1) is 5.10 Å². The molecule has 3 aromatic heterocycles. The number of rotatable bonds is 8. The lowest BCUT2D eigenvalue weighted by atomic mass is 9.96. The first-order chi connectivity index (χ1) is 20.0. The lowest BCUT2D eigenvalue weighted by molar-refractivity contribution is -0.137. The number of hydrogen-bond donors (Lipinski definition) is 1. The molecule has 5 rings (SSSR count). The van der Waals surface area contributed by atoms with E-state index in [1.54, 1.807) is 37.1 Å². The molecule has 13 heteroatoms. The van der Waals surface area contributed by atoms with Crippen LogP contribution in [-0.4, -0.2) is 74.1 Å². The van der Waals surface area contributed by atoms with E-state index in [0.717, 1.165) is 23.4 Å². The van der Waals surface area contributed by atoms with E-state index in [1.807, 2.05) is 43.3 Å². The molecule has 0 fully saturated rings. The van der Waals surface area contributed by atoms with Crippen LogP contribution >= 0.6 is 0 Å². The second-order valence-electron chi connectivity index (χ2n) is 9.90. The molecule has 0 saturated carbocycles. The van der Waals surface area contributed by atoms with Gasteiger partial charge in [0, 0.05) is 43.6 Å². The van der Waals surface area contributed by atoms with Crippen molar-refractivity contribution in [1.82, 2.24) is 34.3 Å².